The quantitative estimate of drug-likeness (QED) is 0.517. The van der Waals surface area contributed by atoms with Crippen LogP contribution in [-0.4, -0.2) is 10.1 Å². The van der Waals surface area contributed by atoms with E-state index in [1.807, 2.05) is 0 Å². The van der Waals surface area contributed by atoms with Gasteiger partial charge in [0.15, 0.2) is 5.13 Å². The maximum atomic E-state index is 12.8. The molecule has 136 valence electrons. The fourth-order valence-electron chi connectivity index (χ4n) is 2.30. The van der Waals surface area contributed by atoms with Crippen molar-refractivity contribution in [2.75, 3.05) is 5.32 Å². The van der Waals surface area contributed by atoms with Gasteiger partial charge < -0.3 is 10.4 Å². The summed E-state index contributed by atoms with van der Waals surface area (Å²) in [5.74, 6) is 0. The van der Waals surface area contributed by atoms with Crippen LogP contribution in [0.5, 0.6) is 0 Å². The van der Waals surface area contributed by atoms with E-state index in [1.165, 1.54) is 12.1 Å². The van der Waals surface area contributed by atoms with Crippen LogP contribution >= 0.6 is 34.5 Å². The number of nitrogens with zero attached hydrogens (tertiary/aromatic N) is 1. The number of rotatable bonds is 4. The summed E-state index contributed by atoms with van der Waals surface area (Å²) in [6.07, 6.45) is -4.43. The maximum Gasteiger partial charge on any atom is 0.416 e. The molecule has 0 saturated heterocycles. The summed E-state index contributed by atoms with van der Waals surface area (Å²) < 4.78 is 38.5. The number of benzene rings is 2. The normalized spacial score (nSPS) is 11.6. The largest absolute Gasteiger partial charge is 0.416 e. The summed E-state index contributed by atoms with van der Waals surface area (Å²) in [6, 6.07) is 9.67. The van der Waals surface area contributed by atoms with Crippen LogP contribution in [0.2, 0.25) is 10.0 Å². The van der Waals surface area contributed by atoms with Crippen LogP contribution in [0.1, 0.15) is 10.4 Å². The van der Waals surface area contributed by atoms with E-state index in [4.69, 9.17) is 23.2 Å². The van der Waals surface area contributed by atoms with Crippen LogP contribution in [0.3, 0.4) is 0 Å². The van der Waals surface area contributed by atoms with Crippen molar-refractivity contribution in [2.24, 2.45) is 0 Å². The summed E-state index contributed by atoms with van der Waals surface area (Å²) in [5.41, 5.74) is 0.510. The summed E-state index contributed by atoms with van der Waals surface area (Å²) in [6.45, 7) is -0.282. The molecule has 0 atom stereocenters. The Morgan fingerprint density at radius 1 is 1.12 bits per heavy atom. The van der Waals surface area contributed by atoms with Gasteiger partial charge in [-0.15, -0.1) is 0 Å². The third-order valence-electron chi connectivity index (χ3n) is 3.47. The zero-order chi connectivity index (χ0) is 18.9. The van der Waals surface area contributed by atoms with Gasteiger partial charge in [0.25, 0.3) is 0 Å². The topological polar surface area (TPSA) is 45.1 Å². The minimum absolute atomic E-state index is 0.242. The van der Waals surface area contributed by atoms with Crippen molar-refractivity contribution in [3.63, 3.8) is 0 Å². The van der Waals surface area contributed by atoms with Gasteiger partial charge in [0.05, 0.1) is 27.8 Å². The van der Waals surface area contributed by atoms with E-state index >= 15 is 0 Å². The van der Waals surface area contributed by atoms with E-state index in [9.17, 15) is 18.3 Å². The molecule has 0 amide bonds. The van der Waals surface area contributed by atoms with Crippen molar-refractivity contribution in [2.45, 2.75) is 12.8 Å². The second-order valence-corrected chi connectivity index (χ2v) is 7.20. The highest BCUT2D eigenvalue weighted by Gasteiger charge is 2.30. The van der Waals surface area contributed by atoms with Crippen LogP contribution in [0.4, 0.5) is 24.0 Å². The van der Waals surface area contributed by atoms with Crippen LogP contribution in [0, 0.1) is 0 Å². The Kier molecular flexibility index (Phi) is 5.43. The van der Waals surface area contributed by atoms with Gasteiger partial charge in [0.1, 0.15) is 0 Å². The number of anilines is 2. The zero-order valence-corrected chi connectivity index (χ0v) is 15.3. The molecule has 3 nitrogen and oxygen atoms in total. The lowest BCUT2D eigenvalue weighted by atomic mass is 10.1. The Labute approximate surface area is 161 Å². The zero-order valence-electron chi connectivity index (χ0n) is 12.9. The van der Waals surface area contributed by atoms with Crippen LogP contribution in [0.15, 0.2) is 42.5 Å². The molecule has 2 N–H and O–H groups in total. The molecule has 0 fully saturated rings. The first-order valence-electron chi connectivity index (χ1n) is 7.28. The molecule has 3 rings (SSSR count). The predicted molar refractivity (Wildman–Crippen MR) is 98.2 cm³/mol. The number of hydrogen-bond acceptors (Lipinski definition) is 4. The van der Waals surface area contributed by atoms with E-state index in [0.29, 0.717) is 31.3 Å². The highest BCUT2D eigenvalue weighted by Crippen LogP contribution is 2.38. The molecule has 2 aromatic carbocycles. The Morgan fingerprint density at radius 3 is 2.54 bits per heavy atom. The number of aliphatic hydroxyl groups excluding tert-OH is 1. The highest BCUT2D eigenvalue weighted by atomic mass is 35.5. The molecule has 0 radical (unpaired) electrons. The van der Waals surface area contributed by atoms with Crippen LogP contribution in [-0.2, 0) is 12.8 Å². The first kappa shape index (κ1) is 19.0. The minimum atomic E-state index is -4.43. The van der Waals surface area contributed by atoms with Gasteiger partial charge in [0.2, 0.25) is 0 Å². The lowest BCUT2D eigenvalue weighted by Gasteiger charge is -2.09. The van der Waals surface area contributed by atoms with Gasteiger partial charge in [-0.1, -0.05) is 40.6 Å². The Hall–Kier alpha value is -1.80. The molecule has 0 bridgehead atoms. The van der Waals surface area contributed by atoms with E-state index < -0.39 is 11.7 Å². The molecular weight excluding hydrogens is 408 g/mol. The van der Waals surface area contributed by atoms with Gasteiger partial charge >= 0.3 is 6.18 Å². The molecule has 0 spiro atoms. The van der Waals surface area contributed by atoms with Gasteiger partial charge in [-0.3, -0.25) is 0 Å². The summed E-state index contributed by atoms with van der Waals surface area (Å²) >= 11 is 13.2. The maximum absolute atomic E-state index is 12.8. The lowest BCUT2D eigenvalue weighted by molar-refractivity contribution is -0.137. The van der Waals surface area contributed by atoms with E-state index in [-0.39, 0.29) is 12.3 Å². The first-order chi connectivity index (χ1) is 12.3. The standard InChI is InChI=1S/C17H11Cl2F3N2OS/c18-10-4-5-12(13(19)7-10)15-14(8-25)26-16(24-15)23-11-3-1-2-9(6-11)17(20,21)22/h1-7,25H,8H2,(H,23,24). The predicted octanol–water partition coefficient (Wildman–Crippen LogP) is 6.37. The number of aliphatic hydroxyl groups is 1. The number of alkyl halides is 3. The second-order valence-electron chi connectivity index (χ2n) is 5.28. The fraction of sp³-hybridized carbons (Fsp3) is 0.118. The molecule has 1 aromatic heterocycles. The Balaban J connectivity index is 1.95. The number of thiazole rings is 1. The van der Waals surface area contributed by atoms with Crippen molar-refractivity contribution in [3.8, 4) is 11.3 Å². The smallest absolute Gasteiger partial charge is 0.391 e. The Morgan fingerprint density at radius 2 is 1.88 bits per heavy atom. The highest BCUT2D eigenvalue weighted by molar-refractivity contribution is 7.16. The van der Waals surface area contributed by atoms with Crippen LogP contribution < -0.4 is 5.32 Å². The van der Waals surface area contributed by atoms with Gasteiger partial charge in [-0.25, -0.2) is 4.98 Å². The van der Waals surface area contributed by atoms with Gasteiger partial charge in [0, 0.05) is 16.3 Å². The van der Waals surface area contributed by atoms with E-state index in [2.05, 4.69) is 10.3 Å². The van der Waals surface area contributed by atoms with Crippen molar-refractivity contribution >= 4 is 45.4 Å². The van der Waals surface area contributed by atoms with Gasteiger partial charge in [-0.2, -0.15) is 13.2 Å². The molecule has 0 aliphatic heterocycles. The Bertz CT molecular complexity index is 944. The molecule has 9 heteroatoms. The van der Waals surface area contributed by atoms with Crippen molar-refractivity contribution < 1.29 is 18.3 Å². The fourth-order valence-corrected chi connectivity index (χ4v) is 3.66. The molecule has 26 heavy (non-hydrogen) atoms. The summed E-state index contributed by atoms with van der Waals surface area (Å²) in [5, 5.41) is 13.6. The van der Waals surface area contributed by atoms with Crippen LogP contribution in [0.25, 0.3) is 11.3 Å². The molecule has 3 aromatic rings. The summed E-state index contributed by atoms with van der Waals surface area (Å²) in [4.78, 5) is 4.90. The number of aromatic nitrogens is 1. The average molecular weight is 419 g/mol. The average Bonchev–Trinajstić information content (AvgIpc) is 2.97. The monoisotopic (exact) mass is 418 g/mol. The first-order valence-corrected chi connectivity index (χ1v) is 8.85. The SMILES string of the molecule is OCc1sc(Nc2cccc(C(F)(F)F)c2)nc1-c1ccc(Cl)cc1Cl. The molecule has 0 aliphatic carbocycles. The number of hydrogen-bond donors (Lipinski definition) is 2. The third-order valence-corrected chi connectivity index (χ3v) is 4.97. The van der Waals surface area contributed by atoms with Crippen molar-refractivity contribution in [1.82, 2.24) is 4.98 Å². The second kappa shape index (κ2) is 7.44. The van der Waals surface area contributed by atoms with Crippen molar-refractivity contribution in [3.05, 3.63) is 63.0 Å². The lowest BCUT2D eigenvalue weighted by Crippen LogP contribution is -2.05. The van der Waals surface area contributed by atoms with Gasteiger partial charge in [-0.05, 0) is 36.4 Å². The molecule has 0 aliphatic rings. The number of nitrogens with one attached hydrogen (secondary N) is 1. The number of halogens is 5. The molecule has 0 unspecified atom stereocenters. The minimum Gasteiger partial charge on any atom is -0.391 e. The summed E-state index contributed by atoms with van der Waals surface area (Å²) in [7, 11) is 0. The molecular formula is C17H11Cl2F3N2OS. The van der Waals surface area contributed by atoms with Crippen molar-refractivity contribution in [1.29, 1.82) is 0 Å². The third kappa shape index (κ3) is 4.12. The molecule has 0 saturated carbocycles. The van der Waals surface area contributed by atoms with E-state index in [1.54, 1.807) is 18.2 Å². The van der Waals surface area contributed by atoms with E-state index in [0.717, 1.165) is 23.5 Å². The molecule has 1 heterocycles.